The Morgan fingerprint density at radius 2 is 2.21 bits per heavy atom. The summed E-state index contributed by atoms with van der Waals surface area (Å²) in [5, 5.41) is 28.8. The number of hydrogen-bond acceptors (Lipinski definition) is 4. The van der Waals surface area contributed by atoms with Gasteiger partial charge in [0.15, 0.2) is 11.5 Å². The number of rotatable bonds is 0. The fourth-order valence-electron chi connectivity index (χ4n) is 1.65. The fraction of sp³-hybridized carbons (Fsp3) is 0.400. The Morgan fingerprint density at radius 1 is 1.50 bits per heavy atom. The highest BCUT2D eigenvalue weighted by Crippen LogP contribution is 2.43. The smallest absolute Gasteiger partial charge is 0.208 e. The molecule has 0 spiro atoms. The maximum Gasteiger partial charge on any atom is 0.208 e. The number of para-hydroxylation sites is 1. The minimum atomic E-state index is -1.43. The zero-order chi connectivity index (χ0) is 10.3. The second-order valence-electron chi connectivity index (χ2n) is 3.69. The average molecular weight is 196 g/mol. The van der Waals surface area contributed by atoms with Crippen LogP contribution in [0.1, 0.15) is 25.0 Å². The minimum absolute atomic E-state index is 0.0680. The summed E-state index contributed by atoms with van der Waals surface area (Å²) in [6, 6.07) is 4.74. The van der Waals surface area contributed by atoms with Crippen LogP contribution in [0.15, 0.2) is 18.2 Å². The molecule has 1 aromatic carbocycles. The second-order valence-corrected chi connectivity index (χ2v) is 3.69. The van der Waals surface area contributed by atoms with Gasteiger partial charge >= 0.3 is 0 Å². The molecule has 4 heteroatoms. The van der Waals surface area contributed by atoms with Crippen molar-refractivity contribution < 1.29 is 20.1 Å². The van der Waals surface area contributed by atoms with Crippen LogP contribution in [0.4, 0.5) is 0 Å². The van der Waals surface area contributed by atoms with E-state index in [1.54, 1.807) is 12.1 Å². The molecule has 2 atom stereocenters. The molecule has 0 radical (unpaired) electrons. The van der Waals surface area contributed by atoms with Crippen molar-refractivity contribution in [3.8, 4) is 11.5 Å². The largest absolute Gasteiger partial charge is 0.504 e. The molecule has 0 aliphatic carbocycles. The number of hydrogen-bond donors (Lipinski definition) is 3. The van der Waals surface area contributed by atoms with Gasteiger partial charge in [0, 0.05) is 18.9 Å². The van der Waals surface area contributed by atoms with E-state index in [1.807, 2.05) is 0 Å². The molecule has 0 unspecified atom stereocenters. The summed E-state index contributed by atoms with van der Waals surface area (Å²) in [6.45, 7) is 1.45. The van der Waals surface area contributed by atoms with E-state index in [1.165, 1.54) is 13.0 Å². The Balaban J connectivity index is 2.51. The third-order valence-electron chi connectivity index (χ3n) is 2.28. The molecule has 2 rings (SSSR count). The van der Waals surface area contributed by atoms with E-state index >= 15 is 0 Å². The van der Waals surface area contributed by atoms with Crippen molar-refractivity contribution in [1.82, 2.24) is 0 Å². The van der Waals surface area contributed by atoms with Crippen LogP contribution < -0.4 is 4.74 Å². The third-order valence-corrected chi connectivity index (χ3v) is 2.28. The van der Waals surface area contributed by atoms with Gasteiger partial charge in [-0.25, -0.2) is 0 Å². The minimum Gasteiger partial charge on any atom is -0.504 e. The van der Waals surface area contributed by atoms with Crippen molar-refractivity contribution in [2.45, 2.75) is 25.2 Å². The number of aliphatic hydroxyl groups is 2. The van der Waals surface area contributed by atoms with Gasteiger partial charge in [0.1, 0.15) is 0 Å². The molecule has 1 aromatic rings. The summed E-state index contributed by atoms with van der Waals surface area (Å²) < 4.78 is 5.17. The van der Waals surface area contributed by atoms with Crippen molar-refractivity contribution in [1.29, 1.82) is 0 Å². The molecule has 0 bridgehead atoms. The lowest BCUT2D eigenvalue weighted by Gasteiger charge is -2.34. The number of phenols is 1. The summed E-state index contributed by atoms with van der Waals surface area (Å²) in [5.41, 5.74) is 0.511. The Morgan fingerprint density at radius 3 is 2.93 bits per heavy atom. The van der Waals surface area contributed by atoms with Crippen molar-refractivity contribution in [3.05, 3.63) is 23.8 Å². The van der Waals surface area contributed by atoms with E-state index in [9.17, 15) is 15.3 Å². The van der Waals surface area contributed by atoms with Crippen LogP contribution in [0.3, 0.4) is 0 Å². The van der Waals surface area contributed by atoms with Crippen LogP contribution in [0.25, 0.3) is 0 Å². The van der Waals surface area contributed by atoms with Crippen molar-refractivity contribution in [3.63, 3.8) is 0 Å². The van der Waals surface area contributed by atoms with Gasteiger partial charge in [-0.3, -0.25) is 0 Å². The standard InChI is InChI=1S/C10H12O4/c1-10(13)5-8(12)6-3-2-4-7(11)9(6)14-10/h2-4,8,11-13H,5H2,1H3/t8-,10-/m1/s1. The summed E-state index contributed by atoms with van der Waals surface area (Å²) in [5.74, 6) is -1.33. The summed E-state index contributed by atoms with van der Waals surface area (Å²) in [7, 11) is 0. The Labute approximate surface area is 81.4 Å². The van der Waals surface area contributed by atoms with Gasteiger partial charge in [-0.1, -0.05) is 12.1 Å². The van der Waals surface area contributed by atoms with E-state index < -0.39 is 11.9 Å². The molecule has 76 valence electrons. The first-order valence-corrected chi connectivity index (χ1v) is 4.41. The molecule has 14 heavy (non-hydrogen) atoms. The van der Waals surface area contributed by atoms with Crippen LogP contribution in [0.2, 0.25) is 0 Å². The summed E-state index contributed by atoms with van der Waals surface area (Å²) in [4.78, 5) is 0. The predicted molar refractivity (Wildman–Crippen MR) is 48.9 cm³/mol. The number of fused-ring (bicyclic) bond motifs is 1. The zero-order valence-corrected chi connectivity index (χ0v) is 7.77. The van der Waals surface area contributed by atoms with Gasteiger partial charge in [0.2, 0.25) is 5.79 Å². The second kappa shape index (κ2) is 2.87. The lowest BCUT2D eigenvalue weighted by molar-refractivity contribution is -0.159. The molecule has 1 aliphatic rings. The molecule has 0 saturated heterocycles. The Bertz CT molecular complexity index is 359. The van der Waals surface area contributed by atoms with Gasteiger partial charge < -0.3 is 20.1 Å². The maximum absolute atomic E-state index is 9.67. The highest BCUT2D eigenvalue weighted by atomic mass is 16.6. The van der Waals surface area contributed by atoms with E-state index in [2.05, 4.69) is 0 Å². The molecule has 1 heterocycles. The number of benzene rings is 1. The normalized spacial score (nSPS) is 30.6. The first-order chi connectivity index (χ1) is 6.49. The topological polar surface area (TPSA) is 69.9 Å². The van der Waals surface area contributed by atoms with Gasteiger partial charge in [-0.05, 0) is 6.07 Å². The lowest BCUT2D eigenvalue weighted by atomic mass is 9.97. The summed E-state index contributed by atoms with van der Waals surface area (Å²) in [6.07, 6.45) is -0.704. The third kappa shape index (κ3) is 1.42. The van der Waals surface area contributed by atoms with E-state index in [-0.39, 0.29) is 17.9 Å². The molecule has 4 nitrogen and oxygen atoms in total. The van der Waals surface area contributed by atoms with Crippen molar-refractivity contribution in [2.75, 3.05) is 0 Å². The Kier molecular flexibility index (Phi) is 1.90. The van der Waals surface area contributed by atoms with Crippen LogP contribution in [-0.4, -0.2) is 21.1 Å². The number of phenolic OH excluding ortho intramolecular Hbond substituents is 1. The molecule has 3 N–H and O–H groups in total. The van der Waals surface area contributed by atoms with Crippen LogP contribution in [-0.2, 0) is 0 Å². The molecule has 0 aromatic heterocycles. The first kappa shape index (κ1) is 9.30. The maximum atomic E-state index is 9.67. The van der Waals surface area contributed by atoms with E-state index in [0.29, 0.717) is 5.56 Å². The Hall–Kier alpha value is -1.26. The molecular weight excluding hydrogens is 184 g/mol. The van der Waals surface area contributed by atoms with Gasteiger partial charge in [0.25, 0.3) is 0 Å². The predicted octanol–water partition coefficient (Wildman–Crippen LogP) is 0.917. The van der Waals surface area contributed by atoms with Gasteiger partial charge in [-0.2, -0.15) is 0 Å². The van der Waals surface area contributed by atoms with E-state index in [4.69, 9.17) is 4.74 Å². The highest BCUT2D eigenvalue weighted by Gasteiger charge is 2.35. The SMILES string of the molecule is C[C@]1(O)C[C@@H](O)c2cccc(O)c2O1. The van der Waals surface area contributed by atoms with Gasteiger partial charge in [0.05, 0.1) is 6.10 Å². The highest BCUT2D eigenvalue weighted by molar-refractivity contribution is 5.48. The number of aliphatic hydroxyl groups excluding tert-OH is 1. The molecule has 1 aliphatic heterocycles. The summed E-state index contributed by atoms with van der Waals surface area (Å²) >= 11 is 0. The number of ether oxygens (including phenoxy) is 1. The molecule has 0 saturated carbocycles. The lowest BCUT2D eigenvalue weighted by Crippen LogP contribution is -2.37. The average Bonchev–Trinajstić information content (AvgIpc) is 2.05. The zero-order valence-electron chi connectivity index (χ0n) is 7.77. The monoisotopic (exact) mass is 196 g/mol. The number of aromatic hydroxyl groups is 1. The van der Waals surface area contributed by atoms with Crippen molar-refractivity contribution in [2.24, 2.45) is 0 Å². The van der Waals surface area contributed by atoms with Crippen molar-refractivity contribution >= 4 is 0 Å². The fourth-order valence-corrected chi connectivity index (χ4v) is 1.65. The van der Waals surface area contributed by atoms with Crippen LogP contribution >= 0.6 is 0 Å². The van der Waals surface area contributed by atoms with Crippen LogP contribution in [0.5, 0.6) is 11.5 Å². The van der Waals surface area contributed by atoms with Crippen LogP contribution in [0, 0.1) is 0 Å². The van der Waals surface area contributed by atoms with E-state index in [0.717, 1.165) is 0 Å². The molecule has 0 amide bonds. The molecular formula is C10H12O4. The first-order valence-electron chi connectivity index (χ1n) is 4.41. The quantitative estimate of drug-likeness (QED) is 0.577. The van der Waals surface area contributed by atoms with Gasteiger partial charge in [-0.15, -0.1) is 0 Å². The molecule has 0 fully saturated rings.